The molecule has 0 radical (unpaired) electrons. The molecule has 0 aromatic carbocycles. The Morgan fingerprint density at radius 2 is 1.80 bits per heavy atom. The van der Waals surface area contributed by atoms with E-state index >= 15 is 0 Å². The molecule has 2 amide bonds. The Balaban J connectivity index is 2.57. The monoisotopic (exact) mass is 356 g/mol. The Morgan fingerprint density at radius 1 is 1.12 bits per heavy atom. The molecule has 1 aliphatic heterocycles. The van der Waals surface area contributed by atoms with E-state index in [0.29, 0.717) is 24.8 Å². The maximum Gasteiger partial charge on any atom is 0.338 e. The van der Waals surface area contributed by atoms with Crippen LogP contribution in [-0.2, 0) is 23.9 Å². The molecule has 0 spiro atoms. The fraction of sp³-hybridized carbons (Fsp3) is 0.833. The van der Waals surface area contributed by atoms with Crippen molar-refractivity contribution in [1.82, 2.24) is 10.6 Å². The number of rotatable bonds is 11. The molecular formula is C18H32N2O5. The van der Waals surface area contributed by atoms with Gasteiger partial charge in [0.05, 0.1) is 6.61 Å². The number of hydrogen-bond donors (Lipinski definition) is 2. The van der Waals surface area contributed by atoms with Gasteiger partial charge in [0, 0.05) is 6.54 Å². The fourth-order valence-electron chi connectivity index (χ4n) is 2.38. The molecule has 1 saturated heterocycles. The van der Waals surface area contributed by atoms with Crippen LogP contribution in [0.25, 0.3) is 0 Å². The fourth-order valence-corrected chi connectivity index (χ4v) is 2.38. The molecule has 0 saturated carbocycles. The summed E-state index contributed by atoms with van der Waals surface area (Å²) >= 11 is 0. The van der Waals surface area contributed by atoms with Crippen molar-refractivity contribution < 1.29 is 23.9 Å². The van der Waals surface area contributed by atoms with Gasteiger partial charge in [-0.05, 0) is 31.6 Å². The van der Waals surface area contributed by atoms with Crippen molar-refractivity contribution in [2.24, 2.45) is 11.8 Å². The van der Waals surface area contributed by atoms with Crippen LogP contribution in [0.3, 0.4) is 0 Å². The maximum absolute atomic E-state index is 12.4. The van der Waals surface area contributed by atoms with Crippen LogP contribution in [0.5, 0.6) is 0 Å². The normalized spacial score (nSPS) is 21.4. The van der Waals surface area contributed by atoms with Crippen molar-refractivity contribution in [3.05, 3.63) is 0 Å². The highest BCUT2D eigenvalue weighted by atomic mass is 16.6. The highest BCUT2D eigenvalue weighted by molar-refractivity contribution is 5.95. The zero-order valence-electron chi connectivity index (χ0n) is 16.0. The highest BCUT2D eigenvalue weighted by Crippen LogP contribution is 2.24. The average molecular weight is 356 g/mol. The summed E-state index contributed by atoms with van der Waals surface area (Å²) < 4.78 is 9.93. The summed E-state index contributed by atoms with van der Waals surface area (Å²) in [4.78, 5) is 36.2. The Bertz CT molecular complexity index is 466. The minimum absolute atomic E-state index is 0.192. The Morgan fingerprint density at radius 3 is 2.36 bits per heavy atom. The summed E-state index contributed by atoms with van der Waals surface area (Å²) in [6, 6.07) is -0.623. The molecule has 0 aromatic rings. The third-order valence-corrected chi connectivity index (χ3v) is 4.26. The lowest BCUT2D eigenvalue weighted by molar-refractivity contribution is -0.144. The van der Waals surface area contributed by atoms with Gasteiger partial charge in [-0.1, -0.05) is 34.1 Å². The van der Waals surface area contributed by atoms with Crippen LogP contribution in [-0.4, -0.2) is 49.2 Å². The first kappa shape index (κ1) is 21.4. The van der Waals surface area contributed by atoms with Gasteiger partial charge >= 0.3 is 5.97 Å². The summed E-state index contributed by atoms with van der Waals surface area (Å²) in [6.45, 7) is 10.8. The van der Waals surface area contributed by atoms with Gasteiger partial charge in [-0.2, -0.15) is 0 Å². The van der Waals surface area contributed by atoms with E-state index < -0.39 is 30.1 Å². The first-order chi connectivity index (χ1) is 11.8. The van der Waals surface area contributed by atoms with E-state index in [1.165, 1.54) is 0 Å². The number of nitrogens with one attached hydrogen (secondary N) is 2. The van der Waals surface area contributed by atoms with E-state index in [4.69, 9.17) is 9.47 Å². The molecular weight excluding hydrogens is 324 g/mol. The lowest BCUT2D eigenvalue weighted by atomic mass is 9.98. The summed E-state index contributed by atoms with van der Waals surface area (Å²) in [7, 11) is 0. The standard InChI is InChI=1S/C18H32N2O5/c1-6-12(5)10-13(16(21)19-9-8-11(3)4)20-17(22)14-15(25-14)18(23)24-7-2/h11-15H,6-10H2,1-5H3,(H,19,21)(H,20,22)/t12?,13-,14-,15-/m1/s1. The third-order valence-electron chi connectivity index (χ3n) is 4.26. The molecule has 25 heavy (non-hydrogen) atoms. The molecule has 0 aromatic heterocycles. The quantitative estimate of drug-likeness (QED) is 0.431. The number of ether oxygens (including phenoxy) is 2. The zero-order valence-corrected chi connectivity index (χ0v) is 16.0. The lowest BCUT2D eigenvalue weighted by Gasteiger charge is -2.21. The van der Waals surface area contributed by atoms with Crippen LogP contribution in [0.1, 0.15) is 53.9 Å². The van der Waals surface area contributed by atoms with Crippen molar-refractivity contribution in [2.45, 2.75) is 72.1 Å². The molecule has 1 rings (SSSR count). The van der Waals surface area contributed by atoms with E-state index in [0.717, 1.165) is 12.8 Å². The van der Waals surface area contributed by atoms with Gasteiger partial charge in [0.1, 0.15) is 6.04 Å². The van der Waals surface area contributed by atoms with Crippen LogP contribution >= 0.6 is 0 Å². The first-order valence-corrected chi connectivity index (χ1v) is 9.20. The van der Waals surface area contributed by atoms with Gasteiger partial charge < -0.3 is 20.1 Å². The second kappa shape index (κ2) is 10.4. The predicted molar refractivity (Wildman–Crippen MR) is 93.8 cm³/mol. The zero-order chi connectivity index (χ0) is 19.0. The number of hydrogen-bond acceptors (Lipinski definition) is 5. The Labute approximate surface area is 150 Å². The minimum Gasteiger partial charge on any atom is -0.464 e. The van der Waals surface area contributed by atoms with Crippen molar-refractivity contribution in [3.63, 3.8) is 0 Å². The van der Waals surface area contributed by atoms with Gasteiger partial charge in [-0.3, -0.25) is 9.59 Å². The third kappa shape index (κ3) is 7.42. The van der Waals surface area contributed by atoms with Crippen molar-refractivity contribution >= 4 is 17.8 Å². The number of esters is 1. The molecule has 7 nitrogen and oxygen atoms in total. The van der Waals surface area contributed by atoms with Crippen LogP contribution in [0, 0.1) is 11.8 Å². The SMILES string of the molecule is CCOC(=O)[C@@H]1O[C@H]1C(=O)N[C@H](CC(C)CC)C(=O)NCCC(C)C. The van der Waals surface area contributed by atoms with Crippen molar-refractivity contribution in [1.29, 1.82) is 0 Å². The van der Waals surface area contributed by atoms with E-state index in [1.807, 2.05) is 13.8 Å². The van der Waals surface area contributed by atoms with Gasteiger partial charge in [0.15, 0.2) is 12.2 Å². The maximum atomic E-state index is 12.4. The summed E-state index contributed by atoms with van der Waals surface area (Å²) in [5.74, 6) is -0.384. The molecule has 0 aliphatic carbocycles. The van der Waals surface area contributed by atoms with Gasteiger partial charge in [0.2, 0.25) is 5.91 Å². The molecule has 1 unspecified atom stereocenters. The Kier molecular flexibility index (Phi) is 8.89. The van der Waals surface area contributed by atoms with Gasteiger partial charge in [-0.25, -0.2) is 4.79 Å². The molecule has 1 aliphatic rings. The smallest absolute Gasteiger partial charge is 0.338 e. The molecule has 1 heterocycles. The minimum atomic E-state index is -0.859. The second-order valence-electron chi connectivity index (χ2n) is 7.01. The largest absolute Gasteiger partial charge is 0.464 e. The molecule has 1 fully saturated rings. The van der Waals surface area contributed by atoms with Crippen molar-refractivity contribution in [2.75, 3.05) is 13.2 Å². The molecule has 4 atom stereocenters. The molecule has 0 bridgehead atoms. The second-order valence-corrected chi connectivity index (χ2v) is 7.01. The Hall–Kier alpha value is -1.63. The first-order valence-electron chi connectivity index (χ1n) is 9.20. The van der Waals surface area contributed by atoms with Crippen LogP contribution in [0.15, 0.2) is 0 Å². The topological polar surface area (TPSA) is 97.0 Å². The summed E-state index contributed by atoms with van der Waals surface area (Å²) in [5, 5.41) is 5.60. The molecule has 144 valence electrons. The summed E-state index contributed by atoms with van der Waals surface area (Å²) in [6.07, 6.45) is 0.630. The summed E-state index contributed by atoms with van der Waals surface area (Å²) in [5.41, 5.74) is 0. The van der Waals surface area contributed by atoms with E-state index in [2.05, 4.69) is 24.5 Å². The van der Waals surface area contributed by atoms with Crippen LogP contribution < -0.4 is 10.6 Å². The van der Waals surface area contributed by atoms with E-state index in [1.54, 1.807) is 6.92 Å². The number of amides is 2. The van der Waals surface area contributed by atoms with Crippen LogP contribution in [0.2, 0.25) is 0 Å². The lowest BCUT2D eigenvalue weighted by Crippen LogP contribution is -2.49. The van der Waals surface area contributed by atoms with Gasteiger partial charge in [0.25, 0.3) is 5.91 Å². The average Bonchev–Trinajstić information content (AvgIpc) is 3.34. The number of carbonyl (C=O) groups excluding carboxylic acids is 3. The molecule has 7 heteroatoms. The van der Waals surface area contributed by atoms with Crippen molar-refractivity contribution in [3.8, 4) is 0 Å². The van der Waals surface area contributed by atoms with Gasteiger partial charge in [-0.15, -0.1) is 0 Å². The number of carbonyl (C=O) groups is 3. The van der Waals surface area contributed by atoms with E-state index in [-0.39, 0.29) is 12.5 Å². The number of epoxide rings is 1. The highest BCUT2D eigenvalue weighted by Gasteiger charge is 2.52. The molecule has 2 N–H and O–H groups in total. The van der Waals surface area contributed by atoms with Crippen LogP contribution in [0.4, 0.5) is 0 Å². The predicted octanol–water partition coefficient (Wildman–Crippen LogP) is 1.40. The van der Waals surface area contributed by atoms with E-state index in [9.17, 15) is 14.4 Å².